The van der Waals surface area contributed by atoms with Crippen LogP contribution in [0, 0.1) is 0 Å². The maximum absolute atomic E-state index is 6.14. The maximum atomic E-state index is 6.14. The Morgan fingerprint density at radius 3 is 2.00 bits per heavy atom. The minimum atomic E-state index is -0.586. The monoisotopic (exact) mass is 276 g/mol. The Morgan fingerprint density at radius 2 is 1.65 bits per heavy atom. The molecule has 0 aliphatic heterocycles. The minimum Gasteiger partial charge on any atom is -0.368 e. The van der Waals surface area contributed by atoms with Gasteiger partial charge in [-0.1, -0.05) is 37.0 Å². The van der Waals surface area contributed by atoms with Crippen LogP contribution in [-0.2, 0) is 10.3 Å². The van der Waals surface area contributed by atoms with E-state index in [0.29, 0.717) is 22.7 Å². The van der Waals surface area contributed by atoms with Gasteiger partial charge < -0.3 is 4.74 Å². The zero-order valence-electron chi connectivity index (χ0n) is 10.8. The van der Waals surface area contributed by atoms with Crippen LogP contribution in [0.4, 0.5) is 0 Å². The van der Waals surface area contributed by atoms with Crippen molar-refractivity contribution in [3.05, 3.63) is 21.7 Å². The maximum Gasteiger partial charge on any atom is 0.163 e. The van der Waals surface area contributed by atoms with Gasteiger partial charge in [0.15, 0.2) is 5.82 Å². The third-order valence-corrected chi connectivity index (χ3v) is 3.05. The molecule has 0 amide bonds. The average Bonchev–Trinajstić information content (AvgIpc) is 2.15. The molecule has 0 saturated heterocycles. The van der Waals surface area contributed by atoms with Crippen molar-refractivity contribution in [1.82, 2.24) is 9.97 Å². The van der Waals surface area contributed by atoms with Gasteiger partial charge in [0.05, 0.1) is 0 Å². The van der Waals surface area contributed by atoms with Crippen molar-refractivity contribution in [2.45, 2.75) is 46.1 Å². The van der Waals surface area contributed by atoms with Gasteiger partial charge in [-0.15, -0.1) is 0 Å². The van der Waals surface area contributed by atoms with Crippen LogP contribution in [0.5, 0.6) is 0 Å². The summed E-state index contributed by atoms with van der Waals surface area (Å²) >= 11 is 12.3. The highest BCUT2D eigenvalue weighted by molar-refractivity contribution is 6.34. The van der Waals surface area contributed by atoms with Crippen molar-refractivity contribution < 1.29 is 4.74 Å². The molecule has 1 heterocycles. The second kappa shape index (κ2) is 5.51. The molecule has 1 aromatic rings. The van der Waals surface area contributed by atoms with Gasteiger partial charge in [-0.3, -0.25) is 0 Å². The molecule has 0 bridgehead atoms. The Morgan fingerprint density at radius 1 is 1.18 bits per heavy atom. The highest BCUT2D eigenvalue weighted by Gasteiger charge is 2.27. The van der Waals surface area contributed by atoms with E-state index in [-0.39, 0.29) is 5.92 Å². The van der Waals surface area contributed by atoms with E-state index in [0.717, 1.165) is 5.56 Å². The highest BCUT2D eigenvalue weighted by atomic mass is 35.5. The smallest absolute Gasteiger partial charge is 0.163 e. The average molecular weight is 277 g/mol. The molecule has 0 fully saturated rings. The van der Waals surface area contributed by atoms with Gasteiger partial charge in [0, 0.05) is 12.2 Å². The Labute approximate surface area is 113 Å². The summed E-state index contributed by atoms with van der Waals surface area (Å²) in [4.78, 5) is 8.58. The predicted molar refractivity (Wildman–Crippen MR) is 70.8 cm³/mol. The summed E-state index contributed by atoms with van der Waals surface area (Å²) in [6.45, 7) is 10.3. The van der Waals surface area contributed by atoms with E-state index in [1.54, 1.807) is 0 Å². The van der Waals surface area contributed by atoms with Crippen LogP contribution in [0.1, 0.15) is 51.9 Å². The summed E-state index contributed by atoms with van der Waals surface area (Å²) in [5, 5.41) is 0.811. The molecule has 0 unspecified atom stereocenters. The number of ether oxygens (including phenoxy) is 1. The summed E-state index contributed by atoms with van der Waals surface area (Å²) in [6.07, 6.45) is 0. The summed E-state index contributed by atoms with van der Waals surface area (Å²) in [6, 6.07) is 0. The normalized spacial score (nSPS) is 12.2. The molecule has 0 spiro atoms. The minimum absolute atomic E-state index is 0.194. The molecule has 1 aromatic heterocycles. The number of rotatable bonds is 4. The number of halogens is 2. The van der Waals surface area contributed by atoms with Crippen molar-refractivity contribution in [2.75, 3.05) is 6.61 Å². The Kier molecular flexibility index (Phi) is 4.76. The Hall–Kier alpha value is -0.380. The van der Waals surface area contributed by atoms with Crippen LogP contribution >= 0.6 is 23.2 Å². The lowest BCUT2D eigenvalue weighted by molar-refractivity contribution is -0.0208. The van der Waals surface area contributed by atoms with E-state index in [1.165, 1.54) is 0 Å². The van der Waals surface area contributed by atoms with Crippen molar-refractivity contribution in [1.29, 1.82) is 0 Å². The number of hydrogen-bond acceptors (Lipinski definition) is 3. The standard InChI is InChI=1S/C12H18Cl2N2O/c1-6-17-12(4,5)11-15-9(13)8(7(2)3)10(14)16-11/h7H,6H2,1-5H3. The molecule has 0 atom stereocenters. The fourth-order valence-electron chi connectivity index (χ4n) is 1.59. The van der Waals surface area contributed by atoms with E-state index >= 15 is 0 Å². The third-order valence-electron chi connectivity index (χ3n) is 2.47. The first-order valence-corrected chi connectivity index (χ1v) is 6.42. The molecular formula is C12H18Cl2N2O. The van der Waals surface area contributed by atoms with E-state index in [4.69, 9.17) is 27.9 Å². The van der Waals surface area contributed by atoms with Gasteiger partial charge in [-0.05, 0) is 26.7 Å². The second-order valence-corrected chi connectivity index (χ2v) is 5.36. The van der Waals surface area contributed by atoms with E-state index in [9.17, 15) is 0 Å². The topological polar surface area (TPSA) is 35.0 Å². The Balaban J connectivity index is 3.23. The first-order chi connectivity index (χ1) is 7.79. The SMILES string of the molecule is CCOC(C)(C)c1nc(Cl)c(C(C)C)c(Cl)n1. The van der Waals surface area contributed by atoms with Crippen LogP contribution in [0.25, 0.3) is 0 Å². The fraction of sp³-hybridized carbons (Fsp3) is 0.667. The zero-order chi connectivity index (χ0) is 13.2. The zero-order valence-corrected chi connectivity index (χ0v) is 12.4. The van der Waals surface area contributed by atoms with Gasteiger partial charge >= 0.3 is 0 Å². The van der Waals surface area contributed by atoms with Crippen molar-refractivity contribution in [2.24, 2.45) is 0 Å². The summed E-state index contributed by atoms with van der Waals surface area (Å²) in [5.41, 5.74) is 0.196. The van der Waals surface area contributed by atoms with Gasteiger partial charge in [-0.2, -0.15) is 0 Å². The summed E-state index contributed by atoms with van der Waals surface area (Å²) < 4.78 is 5.58. The molecule has 0 N–H and O–H groups in total. The Bertz CT molecular complexity index is 382. The van der Waals surface area contributed by atoms with E-state index < -0.39 is 5.60 Å². The molecule has 0 aromatic carbocycles. The summed E-state index contributed by atoms with van der Waals surface area (Å²) in [5.74, 6) is 0.706. The second-order valence-electron chi connectivity index (χ2n) is 4.64. The van der Waals surface area contributed by atoms with Crippen molar-refractivity contribution in [3.63, 3.8) is 0 Å². The first-order valence-electron chi connectivity index (χ1n) is 5.67. The number of nitrogens with zero attached hydrogens (tertiary/aromatic N) is 2. The van der Waals surface area contributed by atoms with Gasteiger partial charge in [0.1, 0.15) is 15.9 Å². The number of aromatic nitrogens is 2. The quantitative estimate of drug-likeness (QED) is 0.774. The molecule has 1 rings (SSSR count). The lowest BCUT2D eigenvalue weighted by Crippen LogP contribution is -2.25. The molecule has 5 heteroatoms. The lowest BCUT2D eigenvalue weighted by Gasteiger charge is -2.24. The van der Waals surface area contributed by atoms with E-state index in [1.807, 2.05) is 34.6 Å². The number of hydrogen-bond donors (Lipinski definition) is 0. The molecule has 96 valence electrons. The molecule has 0 aliphatic carbocycles. The van der Waals surface area contributed by atoms with Crippen molar-refractivity contribution >= 4 is 23.2 Å². The van der Waals surface area contributed by atoms with Crippen LogP contribution in [-0.4, -0.2) is 16.6 Å². The van der Waals surface area contributed by atoms with Gasteiger partial charge in [0.25, 0.3) is 0 Å². The first kappa shape index (κ1) is 14.7. The molecule has 0 aliphatic rings. The predicted octanol–water partition coefficient (Wildman–Crippen LogP) is 4.18. The van der Waals surface area contributed by atoms with Crippen LogP contribution in [0.2, 0.25) is 10.3 Å². The third kappa shape index (κ3) is 3.30. The molecule has 17 heavy (non-hydrogen) atoms. The highest BCUT2D eigenvalue weighted by Crippen LogP contribution is 2.31. The fourth-order valence-corrected chi connectivity index (χ4v) is 2.41. The van der Waals surface area contributed by atoms with Gasteiger partial charge in [-0.25, -0.2) is 9.97 Å². The van der Waals surface area contributed by atoms with Crippen LogP contribution in [0.3, 0.4) is 0 Å². The molecule has 0 saturated carbocycles. The largest absolute Gasteiger partial charge is 0.368 e. The lowest BCUT2D eigenvalue weighted by atomic mass is 10.1. The molecule has 3 nitrogen and oxygen atoms in total. The van der Waals surface area contributed by atoms with Crippen LogP contribution < -0.4 is 0 Å². The molecule has 0 radical (unpaired) electrons. The molecular weight excluding hydrogens is 259 g/mol. The van der Waals surface area contributed by atoms with Gasteiger partial charge in [0.2, 0.25) is 0 Å². The van der Waals surface area contributed by atoms with Crippen molar-refractivity contribution in [3.8, 4) is 0 Å². The summed E-state index contributed by atoms with van der Waals surface area (Å²) in [7, 11) is 0. The van der Waals surface area contributed by atoms with E-state index in [2.05, 4.69) is 9.97 Å². The van der Waals surface area contributed by atoms with Crippen LogP contribution in [0.15, 0.2) is 0 Å².